The molecule has 5 heteroatoms. The summed E-state index contributed by atoms with van der Waals surface area (Å²) in [4.78, 5) is 0. The highest BCUT2D eigenvalue weighted by Crippen LogP contribution is 2.40. The highest BCUT2D eigenvalue weighted by atomic mass is 19.2. The Balaban J connectivity index is 2.11. The lowest BCUT2D eigenvalue weighted by atomic mass is 9.97. The number of nitrogens with zero attached hydrogens (tertiary/aromatic N) is 4. The molecule has 2 aromatic carbocycles. The number of anilines is 1. The van der Waals surface area contributed by atoms with Gasteiger partial charge in [-0.3, -0.25) is 0 Å². The van der Waals surface area contributed by atoms with Crippen molar-refractivity contribution in [1.29, 1.82) is 0 Å². The summed E-state index contributed by atoms with van der Waals surface area (Å²) < 4.78 is 16.3. The molecule has 0 saturated heterocycles. The van der Waals surface area contributed by atoms with Gasteiger partial charge in [-0.05, 0) is 11.6 Å². The molecule has 4 rings (SSSR count). The van der Waals surface area contributed by atoms with Gasteiger partial charge < -0.3 is 0 Å². The number of fused-ring (bicyclic) bond motifs is 5. The van der Waals surface area contributed by atoms with Crippen molar-refractivity contribution in [3.63, 3.8) is 0 Å². The largest absolute Gasteiger partial charge is 0.247 e. The van der Waals surface area contributed by atoms with Crippen molar-refractivity contribution >= 4 is 5.69 Å². The van der Waals surface area contributed by atoms with Crippen LogP contribution in [0.25, 0.3) is 22.5 Å². The van der Waals surface area contributed by atoms with Crippen LogP contribution in [0.3, 0.4) is 0 Å². The molecule has 2 heterocycles. The van der Waals surface area contributed by atoms with E-state index in [4.69, 9.17) is 0 Å². The molecule has 21 heavy (non-hydrogen) atoms. The standard InChI is InChI=1S/C16H13FN4/c1-20-16-13-8-4-5-9-14(13)21(17)10-11-6-2-3-7-12(11)15(16)18-19-20/h2-9H,10H2,1H3. The van der Waals surface area contributed by atoms with Gasteiger partial charge >= 0.3 is 0 Å². The fraction of sp³-hybridized carbons (Fsp3) is 0.125. The minimum absolute atomic E-state index is 0.198. The van der Waals surface area contributed by atoms with Gasteiger partial charge in [-0.15, -0.1) is 5.10 Å². The van der Waals surface area contributed by atoms with E-state index in [0.29, 0.717) is 5.69 Å². The molecular weight excluding hydrogens is 267 g/mol. The van der Waals surface area contributed by atoms with Crippen LogP contribution in [0.5, 0.6) is 0 Å². The Kier molecular flexibility index (Phi) is 2.54. The van der Waals surface area contributed by atoms with E-state index in [0.717, 1.165) is 33.2 Å². The average molecular weight is 280 g/mol. The summed E-state index contributed by atoms with van der Waals surface area (Å²) in [6.07, 6.45) is 0. The van der Waals surface area contributed by atoms with Crippen LogP contribution in [0, 0.1) is 0 Å². The molecule has 0 aliphatic carbocycles. The van der Waals surface area contributed by atoms with Crippen LogP contribution in [0.1, 0.15) is 5.56 Å². The van der Waals surface area contributed by atoms with Crippen molar-refractivity contribution in [2.24, 2.45) is 7.05 Å². The number of hydrogen-bond donors (Lipinski definition) is 0. The van der Waals surface area contributed by atoms with Crippen molar-refractivity contribution < 1.29 is 4.48 Å². The van der Waals surface area contributed by atoms with Gasteiger partial charge in [-0.2, -0.15) is 0 Å². The van der Waals surface area contributed by atoms with E-state index in [9.17, 15) is 4.48 Å². The molecular formula is C16H13FN4. The average Bonchev–Trinajstić information content (AvgIpc) is 2.87. The zero-order chi connectivity index (χ0) is 14.4. The van der Waals surface area contributed by atoms with E-state index in [2.05, 4.69) is 10.3 Å². The molecule has 4 nitrogen and oxygen atoms in total. The van der Waals surface area contributed by atoms with Crippen LogP contribution in [-0.2, 0) is 13.6 Å². The minimum atomic E-state index is 0.198. The van der Waals surface area contributed by atoms with Crippen molar-refractivity contribution in [2.75, 3.05) is 5.12 Å². The third-order valence-corrected chi connectivity index (χ3v) is 3.83. The smallest absolute Gasteiger partial charge is 0.121 e. The van der Waals surface area contributed by atoms with E-state index in [1.54, 1.807) is 10.7 Å². The molecule has 0 N–H and O–H groups in total. The van der Waals surface area contributed by atoms with Crippen LogP contribution in [0.4, 0.5) is 10.2 Å². The van der Waals surface area contributed by atoms with Gasteiger partial charge in [0.05, 0.1) is 17.9 Å². The number of benzene rings is 2. The van der Waals surface area contributed by atoms with Gasteiger partial charge in [-0.1, -0.05) is 52.2 Å². The van der Waals surface area contributed by atoms with Crippen LogP contribution < -0.4 is 5.12 Å². The number of halogens is 1. The zero-order valence-corrected chi connectivity index (χ0v) is 11.5. The maximum absolute atomic E-state index is 14.6. The molecule has 104 valence electrons. The molecule has 0 spiro atoms. The molecule has 0 unspecified atom stereocenters. The summed E-state index contributed by atoms with van der Waals surface area (Å²) in [6.45, 7) is 0.198. The van der Waals surface area contributed by atoms with Gasteiger partial charge in [0.25, 0.3) is 0 Å². The molecule has 0 fully saturated rings. The Labute approximate surface area is 121 Å². The van der Waals surface area contributed by atoms with Gasteiger partial charge in [0.1, 0.15) is 5.69 Å². The molecule has 0 radical (unpaired) electrons. The molecule has 1 aliphatic heterocycles. The van der Waals surface area contributed by atoms with E-state index in [1.165, 1.54) is 0 Å². The third kappa shape index (κ3) is 1.74. The van der Waals surface area contributed by atoms with Crippen molar-refractivity contribution in [1.82, 2.24) is 15.0 Å². The van der Waals surface area contributed by atoms with Crippen LogP contribution in [0.2, 0.25) is 0 Å². The van der Waals surface area contributed by atoms with E-state index < -0.39 is 0 Å². The predicted octanol–water partition coefficient (Wildman–Crippen LogP) is 3.35. The highest BCUT2D eigenvalue weighted by Gasteiger charge is 2.25. The minimum Gasteiger partial charge on any atom is -0.247 e. The highest BCUT2D eigenvalue weighted by molar-refractivity contribution is 5.87. The second-order valence-corrected chi connectivity index (χ2v) is 5.10. The van der Waals surface area contributed by atoms with Crippen LogP contribution >= 0.6 is 0 Å². The normalized spacial score (nSPS) is 13.0. The molecule has 3 aromatic rings. The summed E-state index contributed by atoms with van der Waals surface area (Å²) in [5, 5.41) is 9.21. The Bertz CT molecular complexity index is 825. The Morgan fingerprint density at radius 1 is 1.00 bits per heavy atom. The monoisotopic (exact) mass is 280 g/mol. The summed E-state index contributed by atoms with van der Waals surface area (Å²) in [5.74, 6) is 0. The third-order valence-electron chi connectivity index (χ3n) is 3.83. The fourth-order valence-corrected chi connectivity index (χ4v) is 2.85. The van der Waals surface area contributed by atoms with Crippen molar-refractivity contribution in [2.45, 2.75) is 6.54 Å². The Morgan fingerprint density at radius 2 is 1.71 bits per heavy atom. The topological polar surface area (TPSA) is 34.0 Å². The van der Waals surface area contributed by atoms with E-state index in [1.807, 2.05) is 49.5 Å². The first-order chi connectivity index (χ1) is 10.3. The lowest BCUT2D eigenvalue weighted by molar-refractivity contribution is 0.430. The Morgan fingerprint density at radius 3 is 2.57 bits per heavy atom. The Hall–Kier alpha value is -2.69. The predicted molar refractivity (Wildman–Crippen MR) is 79.2 cm³/mol. The second-order valence-electron chi connectivity index (χ2n) is 5.10. The summed E-state index contributed by atoms with van der Waals surface area (Å²) in [5.41, 5.74) is 4.80. The maximum atomic E-state index is 14.6. The van der Waals surface area contributed by atoms with Gasteiger partial charge in [0.2, 0.25) is 0 Å². The number of para-hydroxylation sites is 1. The fourth-order valence-electron chi connectivity index (χ4n) is 2.85. The summed E-state index contributed by atoms with van der Waals surface area (Å²) in [6, 6.07) is 15.2. The van der Waals surface area contributed by atoms with Crippen LogP contribution in [0.15, 0.2) is 48.5 Å². The summed E-state index contributed by atoms with van der Waals surface area (Å²) in [7, 11) is 1.83. The maximum Gasteiger partial charge on any atom is 0.121 e. The SMILES string of the molecule is Cn1nnc2c1-c1ccccc1N(F)Cc1ccccc1-2. The van der Waals surface area contributed by atoms with Crippen molar-refractivity contribution in [3.05, 3.63) is 54.1 Å². The molecule has 0 atom stereocenters. The summed E-state index contributed by atoms with van der Waals surface area (Å²) >= 11 is 0. The number of aryl methyl sites for hydroxylation is 1. The number of rotatable bonds is 0. The van der Waals surface area contributed by atoms with Gasteiger partial charge in [0, 0.05) is 18.2 Å². The van der Waals surface area contributed by atoms with Gasteiger partial charge in [-0.25, -0.2) is 9.80 Å². The molecule has 0 saturated carbocycles. The van der Waals surface area contributed by atoms with Gasteiger partial charge in [0.15, 0.2) is 0 Å². The van der Waals surface area contributed by atoms with E-state index >= 15 is 0 Å². The molecule has 1 aromatic heterocycles. The van der Waals surface area contributed by atoms with Crippen molar-refractivity contribution in [3.8, 4) is 22.5 Å². The first-order valence-electron chi connectivity index (χ1n) is 6.76. The second kappa shape index (κ2) is 4.41. The zero-order valence-electron chi connectivity index (χ0n) is 11.5. The first kappa shape index (κ1) is 12.1. The number of aromatic nitrogens is 3. The van der Waals surface area contributed by atoms with E-state index in [-0.39, 0.29) is 6.54 Å². The molecule has 0 amide bonds. The number of hydrogen-bond acceptors (Lipinski definition) is 3. The lowest BCUT2D eigenvalue weighted by Crippen LogP contribution is -2.15. The molecule has 0 bridgehead atoms. The lowest BCUT2D eigenvalue weighted by Gasteiger charge is -2.22. The quantitative estimate of drug-likeness (QED) is 0.592. The van der Waals surface area contributed by atoms with Crippen LogP contribution in [-0.4, -0.2) is 15.0 Å². The first-order valence-corrected chi connectivity index (χ1v) is 6.76. The molecule has 1 aliphatic rings.